The number of aromatic nitrogens is 5. The van der Waals surface area contributed by atoms with Crippen LogP contribution in [-0.2, 0) is 12.5 Å². The maximum absolute atomic E-state index is 13.3. The van der Waals surface area contributed by atoms with Crippen molar-refractivity contribution in [2.45, 2.75) is 33.2 Å². The van der Waals surface area contributed by atoms with E-state index in [-0.39, 0.29) is 23.8 Å². The minimum Gasteiger partial charge on any atom is -0.440 e. The topological polar surface area (TPSA) is 98.7 Å². The monoisotopic (exact) mass is 444 g/mol. The molecule has 0 atom stereocenters. The number of carbonyl (C=O) groups is 1. The molecule has 4 aromatic rings. The lowest BCUT2D eigenvalue weighted by molar-refractivity contribution is 0.0132. The van der Waals surface area contributed by atoms with E-state index in [9.17, 15) is 13.6 Å². The van der Waals surface area contributed by atoms with Crippen LogP contribution < -0.4 is 5.32 Å². The Balaban J connectivity index is 1.49. The molecule has 1 N–H and O–H groups in total. The van der Waals surface area contributed by atoms with Gasteiger partial charge in [-0.1, -0.05) is 23.8 Å². The molecule has 3 heterocycles. The van der Waals surface area contributed by atoms with Crippen LogP contribution >= 0.6 is 11.3 Å². The van der Waals surface area contributed by atoms with E-state index in [4.69, 9.17) is 4.42 Å². The molecule has 8 nitrogen and oxygen atoms in total. The first-order chi connectivity index (χ1) is 14.7. The summed E-state index contributed by atoms with van der Waals surface area (Å²) in [6, 6.07) is 7.54. The molecule has 3 aromatic heterocycles. The van der Waals surface area contributed by atoms with Gasteiger partial charge in [0.2, 0.25) is 0 Å². The third kappa shape index (κ3) is 4.66. The van der Waals surface area contributed by atoms with Gasteiger partial charge >= 0.3 is 0 Å². The molecule has 11 heteroatoms. The Labute approximate surface area is 180 Å². The quantitative estimate of drug-likeness (QED) is 0.473. The molecular weight excluding hydrogens is 426 g/mol. The number of nitrogens with zero attached hydrogens (tertiary/aromatic N) is 5. The van der Waals surface area contributed by atoms with Gasteiger partial charge in [-0.15, -0.1) is 16.4 Å². The Morgan fingerprint density at radius 1 is 1.29 bits per heavy atom. The number of oxazole rings is 1. The molecule has 0 aliphatic heterocycles. The second-order valence-corrected chi connectivity index (χ2v) is 7.95. The van der Waals surface area contributed by atoms with Crippen molar-refractivity contribution < 1.29 is 18.0 Å². The predicted molar refractivity (Wildman–Crippen MR) is 110 cm³/mol. The average Bonchev–Trinajstić information content (AvgIpc) is 3.42. The molecule has 31 heavy (non-hydrogen) atoms. The lowest BCUT2D eigenvalue weighted by Gasteiger charge is -2.04. The van der Waals surface area contributed by atoms with Crippen molar-refractivity contribution in [2.24, 2.45) is 0 Å². The minimum atomic E-state index is -3.00. The standard InChI is InChI=1S/C20H18F2N6O2S/c1-11-5-4-6-13(7-11)18-17(24-12(2)30-18)19(29)26-15-8-23-28(27-15)9-16-25-14(10-31-16)20(3,21)22/h4-8,10H,9H2,1-3H3,(H,26,27,29). The van der Waals surface area contributed by atoms with Crippen LogP contribution in [0.2, 0.25) is 0 Å². The van der Waals surface area contributed by atoms with Crippen molar-refractivity contribution in [2.75, 3.05) is 5.32 Å². The van der Waals surface area contributed by atoms with Crippen molar-refractivity contribution in [1.29, 1.82) is 0 Å². The Bertz CT molecular complexity index is 1240. The highest BCUT2D eigenvalue weighted by Gasteiger charge is 2.27. The first-order valence-corrected chi connectivity index (χ1v) is 10.2. The summed E-state index contributed by atoms with van der Waals surface area (Å²) in [7, 11) is 0. The van der Waals surface area contributed by atoms with Gasteiger partial charge in [0, 0.05) is 24.8 Å². The van der Waals surface area contributed by atoms with Crippen molar-refractivity contribution in [3.05, 3.63) is 63.7 Å². The van der Waals surface area contributed by atoms with Crippen molar-refractivity contribution in [1.82, 2.24) is 25.0 Å². The van der Waals surface area contributed by atoms with Gasteiger partial charge in [0.25, 0.3) is 11.8 Å². The highest BCUT2D eigenvalue weighted by molar-refractivity contribution is 7.09. The average molecular weight is 444 g/mol. The summed E-state index contributed by atoms with van der Waals surface area (Å²) in [5.74, 6) is -2.59. The highest BCUT2D eigenvalue weighted by Crippen LogP contribution is 2.28. The zero-order chi connectivity index (χ0) is 22.2. The van der Waals surface area contributed by atoms with Gasteiger partial charge in [0.05, 0.1) is 6.20 Å². The lowest BCUT2D eigenvalue weighted by atomic mass is 10.1. The second-order valence-electron chi connectivity index (χ2n) is 7.01. The van der Waals surface area contributed by atoms with Crippen LogP contribution in [0.25, 0.3) is 11.3 Å². The summed E-state index contributed by atoms with van der Waals surface area (Å²) in [5.41, 5.74) is 1.60. The van der Waals surface area contributed by atoms with Crippen LogP contribution in [0.3, 0.4) is 0 Å². The van der Waals surface area contributed by atoms with E-state index in [1.54, 1.807) is 6.92 Å². The molecule has 160 valence electrons. The van der Waals surface area contributed by atoms with E-state index >= 15 is 0 Å². The number of rotatable bonds is 6. The smallest absolute Gasteiger partial charge is 0.287 e. The van der Waals surface area contributed by atoms with Gasteiger partial charge < -0.3 is 9.73 Å². The van der Waals surface area contributed by atoms with Gasteiger partial charge in [-0.25, -0.2) is 9.97 Å². The SMILES string of the molecule is Cc1cccc(-c2oc(C)nc2C(=O)Nc2cnn(Cc3nc(C(C)(F)F)cs3)n2)c1. The number of alkyl halides is 2. The van der Waals surface area contributed by atoms with E-state index in [0.717, 1.165) is 29.4 Å². The molecular formula is C20H18F2N6O2S. The summed E-state index contributed by atoms with van der Waals surface area (Å²) >= 11 is 1.09. The zero-order valence-electron chi connectivity index (χ0n) is 16.9. The minimum absolute atomic E-state index is 0.105. The summed E-state index contributed by atoms with van der Waals surface area (Å²) in [6.45, 7) is 4.50. The fourth-order valence-electron chi connectivity index (χ4n) is 2.88. The maximum atomic E-state index is 13.3. The largest absolute Gasteiger partial charge is 0.440 e. The Morgan fingerprint density at radius 3 is 2.81 bits per heavy atom. The summed E-state index contributed by atoms with van der Waals surface area (Å²) in [6.07, 6.45) is 1.36. The molecule has 0 aliphatic rings. The molecule has 0 bridgehead atoms. The number of thiazole rings is 1. The zero-order valence-corrected chi connectivity index (χ0v) is 17.7. The normalized spacial score (nSPS) is 11.6. The summed E-state index contributed by atoms with van der Waals surface area (Å²) in [4.78, 5) is 22.2. The van der Waals surface area contributed by atoms with Gasteiger partial charge in [-0.2, -0.15) is 18.7 Å². The van der Waals surface area contributed by atoms with Crippen LogP contribution in [-0.4, -0.2) is 30.9 Å². The van der Waals surface area contributed by atoms with Gasteiger partial charge in [0.15, 0.2) is 23.2 Å². The van der Waals surface area contributed by atoms with Crippen LogP contribution in [0.15, 0.2) is 40.3 Å². The molecule has 1 amide bonds. The number of anilines is 1. The van der Waals surface area contributed by atoms with Gasteiger partial charge in [-0.3, -0.25) is 4.79 Å². The van der Waals surface area contributed by atoms with E-state index in [2.05, 4.69) is 25.5 Å². The number of hydrogen-bond donors (Lipinski definition) is 1. The van der Waals surface area contributed by atoms with Crippen molar-refractivity contribution in [3.63, 3.8) is 0 Å². The number of nitrogens with one attached hydrogen (secondary N) is 1. The van der Waals surface area contributed by atoms with E-state index < -0.39 is 11.8 Å². The molecule has 0 unspecified atom stereocenters. The molecule has 0 fully saturated rings. The molecule has 0 spiro atoms. The van der Waals surface area contributed by atoms with E-state index in [1.807, 2.05) is 31.2 Å². The van der Waals surface area contributed by atoms with Crippen LogP contribution in [0, 0.1) is 13.8 Å². The fraction of sp³-hybridized carbons (Fsp3) is 0.250. The van der Waals surface area contributed by atoms with Crippen molar-refractivity contribution in [3.8, 4) is 11.3 Å². The number of benzene rings is 1. The fourth-order valence-corrected chi connectivity index (χ4v) is 3.72. The first-order valence-electron chi connectivity index (χ1n) is 9.27. The molecule has 0 saturated carbocycles. The van der Waals surface area contributed by atoms with Crippen molar-refractivity contribution >= 4 is 23.1 Å². The third-order valence-electron chi connectivity index (χ3n) is 4.29. The molecule has 0 saturated heterocycles. The number of carbonyl (C=O) groups excluding carboxylic acids is 1. The summed E-state index contributed by atoms with van der Waals surface area (Å²) < 4.78 is 32.3. The Kier molecular flexibility index (Phi) is 5.36. The van der Waals surface area contributed by atoms with Gasteiger partial charge in [0.1, 0.15) is 17.2 Å². The van der Waals surface area contributed by atoms with E-state index in [0.29, 0.717) is 16.7 Å². The van der Waals surface area contributed by atoms with Crippen LogP contribution in [0.5, 0.6) is 0 Å². The lowest BCUT2D eigenvalue weighted by Crippen LogP contribution is -2.14. The molecule has 0 aliphatic carbocycles. The second kappa shape index (κ2) is 7.99. The summed E-state index contributed by atoms with van der Waals surface area (Å²) in [5, 5.41) is 12.6. The third-order valence-corrected chi connectivity index (χ3v) is 5.12. The maximum Gasteiger partial charge on any atom is 0.287 e. The number of aryl methyl sites for hydroxylation is 2. The number of amides is 1. The van der Waals surface area contributed by atoms with E-state index in [1.165, 1.54) is 16.4 Å². The predicted octanol–water partition coefficient (Wildman–Crippen LogP) is 4.42. The van der Waals surface area contributed by atoms with Crippen LogP contribution in [0.1, 0.15) is 39.6 Å². The number of hydrogen-bond acceptors (Lipinski definition) is 7. The Morgan fingerprint density at radius 2 is 2.10 bits per heavy atom. The van der Waals surface area contributed by atoms with Gasteiger partial charge in [-0.05, 0) is 13.0 Å². The molecule has 0 radical (unpaired) electrons. The first kappa shape index (κ1) is 20.8. The molecule has 4 rings (SSSR count). The Hall–Kier alpha value is -3.47. The highest BCUT2D eigenvalue weighted by atomic mass is 32.1. The molecule has 1 aromatic carbocycles. The van der Waals surface area contributed by atoms with Crippen LogP contribution in [0.4, 0.5) is 14.6 Å². The number of halogens is 2.